The molecule has 21 heavy (non-hydrogen) atoms. The molecule has 1 aliphatic rings. The number of carbonyl (C=O) groups is 1. The van der Waals surface area contributed by atoms with E-state index in [0.717, 1.165) is 12.8 Å². The Morgan fingerprint density at radius 3 is 2.57 bits per heavy atom. The molecule has 1 fully saturated rings. The number of nitrogen functional groups attached to an aromatic ring is 1. The summed E-state index contributed by atoms with van der Waals surface area (Å²) in [5.74, 6) is 0.396. The number of hydrogen-bond acceptors (Lipinski definition) is 5. The van der Waals surface area contributed by atoms with Crippen molar-refractivity contribution in [3.8, 4) is 6.07 Å². The van der Waals surface area contributed by atoms with Gasteiger partial charge in [0.15, 0.2) is 0 Å². The Labute approximate surface area is 124 Å². The number of ether oxygens (including phenoxy) is 1. The van der Waals surface area contributed by atoms with Crippen molar-refractivity contribution in [1.82, 2.24) is 14.7 Å². The lowest BCUT2D eigenvalue weighted by atomic mass is 10.1. The van der Waals surface area contributed by atoms with Crippen LogP contribution in [0.15, 0.2) is 6.20 Å². The molecule has 0 unspecified atom stereocenters. The number of rotatable bonds is 1. The summed E-state index contributed by atoms with van der Waals surface area (Å²) in [4.78, 5) is 13.7. The Bertz CT molecular complexity index is 559. The number of nitriles is 1. The normalized spacial score (nSPS) is 16.6. The summed E-state index contributed by atoms with van der Waals surface area (Å²) in [5, 5.41) is 13.1. The summed E-state index contributed by atoms with van der Waals surface area (Å²) >= 11 is 0. The molecule has 1 aliphatic heterocycles. The SMILES string of the molecule is CC(C)(C)OC(=O)N1CCC(n2ncc(C#N)c2N)CC1. The molecule has 2 N–H and O–H groups in total. The van der Waals surface area contributed by atoms with Crippen LogP contribution >= 0.6 is 0 Å². The maximum absolute atomic E-state index is 12.0. The van der Waals surface area contributed by atoms with E-state index >= 15 is 0 Å². The number of carbonyl (C=O) groups excluding carboxylic acids is 1. The van der Waals surface area contributed by atoms with Gasteiger partial charge in [-0.05, 0) is 33.6 Å². The number of nitrogens with zero attached hydrogens (tertiary/aromatic N) is 4. The van der Waals surface area contributed by atoms with Gasteiger partial charge >= 0.3 is 6.09 Å². The van der Waals surface area contributed by atoms with Gasteiger partial charge in [0.05, 0.1) is 12.2 Å². The lowest BCUT2D eigenvalue weighted by molar-refractivity contribution is 0.0185. The van der Waals surface area contributed by atoms with Gasteiger partial charge in [-0.25, -0.2) is 9.48 Å². The second-order valence-corrected chi connectivity index (χ2v) is 6.20. The third kappa shape index (κ3) is 3.45. The molecular formula is C14H21N5O2. The summed E-state index contributed by atoms with van der Waals surface area (Å²) in [6, 6.07) is 2.13. The molecule has 0 aliphatic carbocycles. The smallest absolute Gasteiger partial charge is 0.410 e. The molecule has 0 aromatic carbocycles. The van der Waals surface area contributed by atoms with Crippen molar-refractivity contribution in [2.75, 3.05) is 18.8 Å². The molecule has 2 heterocycles. The molecule has 0 saturated carbocycles. The van der Waals surface area contributed by atoms with E-state index in [9.17, 15) is 4.79 Å². The van der Waals surface area contributed by atoms with Gasteiger partial charge in [-0.15, -0.1) is 0 Å². The quantitative estimate of drug-likeness (QED) is 0.852. The second kappa shape index (κ2) is 5.64. The molecule has 0 atom stereocenters. The van der Waals surface area contributed by atoms with Gasteiger partial charge in [0, 0.05) is 13.1 Å². The van der Waals surface area contributed by atoms with Crippen molar-refractivity contribution in [3.63, 3.8) is 0 Å². The van der Waals surface area contributed by atoms with Crippen molar-refractivity contribution in [1.29, 1.82) is 5.26 Å². The molecule has 7 nitrogen and oxygen atoms in total. The summed E-state index contributed by atoms with van der Waals surface area (Å²) in [7, 11) is 0. The number of likely N-dealkylation sites (tertiary alicyclic amines) is 1. The first kappa shape index (κ1) is 15.2. The van der Waals surface area contributed by atoms with Gasteiger partial charge in [0.2, 0.25) is 0 Å². The van der Waals surface area contributed by atoms with Gasteiger partial charge in [-0.3, -0.25) is 0 Å². The van der Waals surface area contributed by atoms with Gasteiger partial charge in [0.1, 0.15) is 23.1 Å². The second-order valence-electron chi connectivity index (χ2n) is 6.20. The lowest BCUT2D eigenvalue weighted by Crippen LogP contribution is -2.42. The highest BCUT2D eigenvalue weighted by atomic mass is 16.6. The fourth-order valence-corrected chi connectivity index (χ4v) is 2.37. The third-order valence-electron chi connectivity index (χ3n) is 3.42. The Balaban J connectivity index is 1.96. The number of anilines is 1. The Morgan fingerprint density at radius 1 is 1.48 bits per heavy atom. The molecule has 0 radical (unpaired) electrons. The van der Waals surface area contributed by atoms with Crippen molar-refractivity contribution < 1.29 is 9.53 Å². The highest BCUT2D eigenvalue weighted by Crippen LogP contribution is 2.26. The zero-order chi connectivity index (χ0) is 15.6. The van der Waals surface area contributed by atoms with E-state index in [1.807, 2.05) is 26.8 Å². The van der Waals surface area contributed by atoms with E-state index in [1.165, 1.54) is 6.20 Å². The van der Waals surface area contributed by atoms with Crippen LogP contribution in [0.5, 0.6) is 0 Å². The molecule has 0 bridgehead atoms. The molecule has 114 valence electrons. The maximum atomic E-state index is 12.0. The molecule has 2 rings (SSSR count). The predicted octanol–water partition coefficient (Wildman–Crippen LogP) is 1.91. The van der Waals surface area contributed by atoms with E-state index in [2.05, 4.69) is 5.10 Å². The van der Waals surface area contributed by atoms with Gasteiger partial charge < -0.3 is 15.4 Å². The molecule has 1 saturated heterocycles. The van der Waals surface area contributed by atoms with Crippen LogP contribution in [0.1, 0.15) is 45.2 Å². The zero-order valence-corrected chi connectivity index (χ0v) is 12.7. The first-order chi connectivity index (χ1) is 9.81. The molecule has 1 aromatic heterocycles. The summed E-state index contributed by atoms with van der Waals surface area (Å²) in [5.41, 5.74) is 5.80. The fourth-order valence-electron chi connectivity index (χ4n) is 2.37. The first-order valence-corrected chi connectivity index (χ1v) is 7.03. The minimum absolute atomic E-state index is 0.116. The topological polar surface area (TPSA) is 97.2 Å². The highest BCUT2D eigenvalue weighted by molar-refractivity contribution is 5.68. The van der Waals surface area contributed by atoms with E-state index in [-0.39, 0.29) is 12.1 Å². The molecule has 1 amide bonds. The van der Waals surface area contributed by atoms with Crippen LogP contribution in [0.4, 0.5) is 10.6 Å². The van der Waals surface area contributed by atoms with Gasteiger partial charge in [-0.2, -0.15) is 10.4 Å². The van der Waals surface area contributed by atoms with E-state index < -0.39 is 5.60 Å². The van der Waals surface area contributed by atoms with E-state index in [1.54, 1.807) is 9.58 Å². The summed E-state index contributed by atoms with van der Waals surface area (Å²) in [6.45, 7) is 6.75. The van der Waals surface area contributed by atoms with Crippen LogP contribution in [-0.4, -0.2) is 39.5 Å². The molecular weight excluding hydrogens is 270 g/mol. The standard InChI is InChI=1S/C14H21N5O2/c1-14(2,3)21-13(20)18-6-4-11(5-7-18)19-12(16)10(8-15)9-17-19/h9,11H,4-7,16H2,1-3H3. The molecule has 0 spiro atoms. The van der Waals surface area contributed by atoms with Crippen molar-refractivity contribution in [2.24, 2.45) is 0 Å². The third-order valence-corrected chi connectivity index (χ3v) is 3.42. The molecule has 1 aromatic rings. The van der Waals surface area contributed by atoms with Crippen molar-refractivity contribution in [2.45, 2.75) is 45.3 Å². The van der Waals surface area contributed by atoms with Crippen LogP contribution in [0.2, 0.25) is 0 Å². The highest BCUT2D eigenvalue weighted by Gasteiger charge is 2.28. The largest absolute Gasteiger partial charge is 0.444 e. The minimum Gasteiger partial charge on any atom is -0.444 e. The van der Waals surface area contributed by atoms with Crippen LogP contribution in [0, 0.1) is 11.3 Å². The number of hydrogen-bond donors (Lipinski definition) is 1. The first-order valence-electron chi connectivity index (χ1n) is 7.03. The minimum atomic E-state index is -0.484. The number of nitrogens with two attached hydrogens (primary N) is 1. The average molecular weight is 291 g/mol. The summed E-state index contributed by atoms with van der Waals surface area (Å²) in [6.07, 6.45) is 2.69. The van der Waals surface area contributed by atoms with Gasteiger partial charge in [-0.1, -0.05) is 0 Å². The average Bonchev–Trinajstić information content (AvgIpc) is 2.78. The van der Waals surface area contributed by atoms with Crippen molar-refractivity contribution >= 4 is 11.9 Å². The maximum Gasteiger partial charge on any atom is 0.410 e. The summed E-state index contributed by atoms with van der Waals surface area (Å²) < 4.78 is 7.05. The van der Waals surface area contributed by atoms with Crippen LogP contribution in [0.25, 0.3) is 0 Å². The Kier molecular flexibility index (Phi) is 4.07. The number of piperidine rings is 1. The number of aromatic nitrogens is 2. The number of amides is 1. The van der Waals surface area contributed by atoms with Crippen LogP contribution < -0.4 is 5.73 Å². The monoisotopic (exact) mass is 291 g/mol. The van der Waals surface area contributed by atoms with E-state index in [0.29, 0.717) is 24.5 Å². The van der Waals surface area contributed by atoms with Crippen LogP contribution in [0.3, 0.4) is 0 Å². The van der Waals surface area contributed by atoms with Crippen LogP contribution in [-0.2, 0) is 4.74 Å². The van der Waals surface area contributed by atoms with Crippen molar-refractivity contribution in [3.05, 3.63) is 11.8 Å². The lowest BCUT2D eigenvalue weighted by Gasteiger charge is -2.33. The Morgan fingerprint density at radius 2 is 2.10 bits per heavy atom. The Hall–Kier alpha value is -2.23. The van der Waals surface area contributed by atoms with Gasteiger partial charge in [0.25, 0.3) is 0 Å². The zero-order valence-electron chi connectivity index (χ0n) is 12.7. The molecule has 7 heteroatoms. The fraction of sp³-hybridized carbons (Fsp3) is 0.643. The van der Waals surface area contributed by atoms with E-state index in [4.69, 9.17) is 15.7 Å². The predicted molar refractivity (Wildman–Crippen MR) is 77.4 cm³/mol.